The minimum Gasteiger partial charge on any atom is -0.269 e. The van der Waals surface area contributed by atoms with Crippen LogP contribution in [0, 0.1) is 0 Å². The SMILES string of the molecule is CCCCC.C[SiH](C)C.F.F.F. The predicted molar refractivity (Wildman–Crippen MR) is 57.4 cm³/mol. The molecule has 0 aromatic carbocycles. The first-order chi connectivity index (χ1) is 4.15. The fraction of sp³-hybridized carbons (Fsp3) is 1.00. The summed E-state index contributed by atoms with van der Waals surface area (Å²) in [6, 6.07) is 0. The third-order valence-corrected chi connectivity index (χ3v) is 0.707. The molecule has 0 rings (SSSR count). The second-order valence-corrected chi connectivity index (χ2v) is 6.55. The number of halogens is 3. The van der Waals surface area contributed by atoms with Crippen LogP contribution >= 0.6 is 0 Å². The lowest BCUT2D eigenvalue weighted by Gasteiger charge is -1.79. The van der Waals surface area contributed by atoms with E-state index in [0.717, 1.165) is 0 Å². The summed E-state index contributed by atoms with van der Waals surface area (Å²) in [6.07, 6.45) is 4.08. The molecule has 0 aliphatic carbocycles. The van der Waals surface area contributed by atoms with Crippen LogP contribution in [-0.2, 0) is 0 Å². The van der Waals surface area contributed by atoms with Gasteiger partial charge in [0.05, 0.1) is 0 Å². The molecule has 0 spiro atoms. The van der Waals surface area contributed by atoms with Crippen LogP contribution in [0.5, 0.6) is 0 Å². The van der Waals surface area contributed by atoms with Crippen molar-refractivity contribution in [2.24, 2.45) is 0 Å². The maximum atomic E-state index is 2.31. The molecule has 0 radical (unpaired) electrons. The molecule has 0 atom stereocenters. The van der Waals surface area contributed by atoms with Crippen molar-refractivity contribution in [2.45, 2.75) is 52.8 Å². The molecule has 0 aromatic rings. The van der Waals surface area contributed by atoms with E-state index in [1.807, 2.05) is 0 Å². The van der Waals surface area contributed by atoms with Crippen molar-refractivity contribution in [2.75, 3.05) is 0 Å². The highest BCUT2D eigenvalue weighted by Crippen LogP contribution is 1.88. The van der Waals surface area contributed by atoms with Gasteiger partial charge < -0.3 is 0 Å². The van der Waals surface area contributed by atoms with E-state index < -0.39 is 0 Å². The summed E-state index contributed by atoms with van der Waals surface area (Å²) < 4.78 is 0. The number of hydrogen-bond donors (Lipinski definition) is 0. The minimum atomic E-state index is -0.139. The van der Waals surface area contributed by atoms with Crippen molar-refractivity contribution in [3.05, 3.63) is 0 Å². The molecule has 0 nitrogen and oxygen atoms in total. The Bertz CT molecular complexity index is 38.5. The summed E-state index contributed by atoms with van der Waals surface area (Å²) in [5.41, 5.74) is 0. The van der Waals surface area contributed by atoms with Gasteiger partial charge in [-0.2, -0.15) is 0 Å². The van der Waals surface area contributed by atoms with Gasteiger partial charge in [0, 0.05) is 8.80 Å². The number of hydrogen-bond acceptors (Lipinski definition) is 0. The smallest absolute Gasteiger partial charge is 0.0274 e. The molecule has 0 saturated heterocycles. The molecule has 0 amide bonds. The molecule has 82 valence electrons. The topological polar surface area (TPSA) is 0 Å². The fourth-order valence-electron chi connectivity index (χ4n) is 0.354. The van der Waals surface area contributed by atoms with Gasteiger partial charge in [-0.15, -0.1) is 0 Å². The van der Waals surface area contributed by atoms with Crippen LogP contribution in [0.3, 0.4) is 0 Å². The van der Waals surface area contributed by atoms with Crippen LogP contribution in [0.25, 0.3) is 0 Å². The summed E-state index contributed by atoms with van der Waals surface area (Å²) in [5, 5.41) is 0. The Kier molecular flexibility index (Phi) is 75.4. The molecular weight excluding hydrogens is 181 g/mol. The molecule has 4 heteroatoms. The van der Waals surface area contributed by atoms with Crippen LogP contribution in [-0.4, -0.2) is 8.80 Å². The molecule has 0 N–H and O–H groups in total. The highest BCUT2D eigenvalue weighted by Gasteiger charge is 1.71. The van der Waals surface area contributed by atoms with Crippen molar-refractivity contribution >= 4 is 8.80 Å². The summed E-state index contributed by atoms with van der Waals surface area (Å²) in [7, 11) is -0.139. The van der Waals surface area contributed by atoms with Crippen LogP contribution < -0.4 is 0 Å². The molecule has 0 aromatic heterocycles. The number of rotatable bonds is 2. The minimum absolute atomic E-state index is 0. The van der Waals surface area contributed by atoms with E-state index in [0.29, 0.717) is 0 Å². The number of unbranched alkanes of at least 4 members (excludes halogenated alkanes) is 2. The molecule has 0 bridgehead atoms. The van der Waals surface area contributed by atoms with Crippen LogP contribution in [0.4, 0.5) is 14.1 Å². The molecule has 0 saturated carbocycles. The van der Waals surface area contributed by atoms with E-state index in [-0.39, 0.29) is 22.9 Å². The zero-order valence-corrected chi connectivity index (χ0v) is 10.1. The molecular formula is C8H25F3Si. The van der Waals surface area contributed by atoms with E-state index in [9.17, 15) is 0 Å². The van der Waals surface area contributed by atoms with Crippen molar-refractivity contribution in [3.8, 4) is 0 Å². The molecule has 0 aliphatic heterocycles. The highest BCUT2D eigenvalue weighted by molar-refractivity contribution is 6.54. The lowest BCUT2D eigenvalue weighted by atomic mass is 10.3. The first kappa shape index (κ1) is 29.6. The maximum absolute atomic E-state index is 2.31. The first-order valence-corrected chi connectivity index (χ1v) is 7.61. The van der Waals surface area contributed by atoms with Crippen LogP contribution in [0.15, 0.2) is 0 Å². The third-order valence-electron chi connectivity index (χ3n) is 0.707. The summed E-state index contributed by atoms with van der Waals surface area (Å²) in [5.74, 6) is 0. The second-order valence-electron chi connectivity index (χ2n) is 3.09. The van der Waals surface area contributed by atoms with Crippen molar-refractivity contribution in [1.29, 1.82) is 0 Å². The maximum Gasteiger partial charge on any atom is 0.0274 e. The Morgan fingerprint density at radius 1 is 0.750 bits per heavy atom. The molecule has 0 fully saturated rings. The molecule has 0 aliphatic rings. The van der Waals surface area contributed by atoms with E-state index in [4.69, 9.17) is 0 Å². The zero-order valence-electron chi connectivity index (χ0n) is 8.92. The summed E-state index contributed by atoms with van der Waals surface area (Å²) >= 11 is 0. The second kappa shape index (κ2) is 30.5. The van der Waals surface area contributed by atoms with Crippen molar-refractivity contribution in [1.82, 2.24) is 0 Å². The van der Waals surface area contributed by atoms with E-state index in [1.54, 1.807) is 0 Å². The fourth-order valence-corrected chi connectivity index (χ4v) is 0.354. The van der Waals surface area contributed by atoms with Gasteiger partial charge in [-0.05, 0) is 0 Å². The average molecular weight is 206 g/mol. The molecule has 0 unspecified atom stereocenters. The largest absolute Gasteiger partial charge is 0.269 e. The lowest BCUT2D eigenvalue weighted by Crippen LogP contribution is -1.84. The Hall–Kier alpha value is 0.00688. The summed E-state index contributed by atoms with van der Waals surface area (Å²) in [6.45, 7) is 11.3. The van der Waals surface area contributed by atoms with Crippen molar-refractivity contribution < 1.29 is 14.1 Å². The van der Waals surface area contributed by atoms with Gasteiger partial charge in [0.15, 0.2) is 0 Å². The van der Waals surface area contributed by atoms with Crippen LogP contribution in [0.1, 0.15) is 33.1 Å². The Labute approximate surface area is 76.5 Å². The van der Waals surface area contributed by atoms with E-state index >= 15 is 0 Å². The van der Waals surface area contributed by atoms with Crippen LogP contribution in [0.2, 0.25) is 19.6 Å². The van der Waals surface area contributed by atoms with E-state index in [1.165, 1.54) is 19.3 Å². The predicted octanol–water partition coefficient (Wildman–Crippen LogP) is 3.76. The van der Waals surface area contributed by atoms with Gasteiger partial charge in [-0.3, -0.25) is 14.1 Å². The first-order valence-electron chi connectivity index (χ1n) is 4.15. The quantitative estimate of drug-likeness (QED) is 0.604. The normalized spacial score (nSPS) is 6.50. The standard InChI is InChI=1S/C5H12.C3H10Si.3FH/c1-3-5-4-2;1-4(2)3;;;/h3-5H2,1-2H3;4H,1-3H3;3*1H. The third kappa shape index (κ3) is 202. The zero-order chi connectivity index (χ0) is 7.70. The molecule has 0 heterocycles. The summed E-state index contributed by atoms with van der Waals surface area (Å²) in [4.78, 5) is 0. The van der Waals surface area contributed by atoms with Gasteiger partial charge in [0.25, 0.3) is 0 Å². The van der Waals surface area contributed by atoms with Gasteiger partial charge >= 0.3 is 0 Å². The van der Waals surface area contributed by atoms with Gasteiger partial charge in [0.1, 0.15) is 0 Å². The monoisotopic (exact) mass is 206 g/mol. The molecule has 12 heavy (non-hydrogen) atoms. The van der Waals surface area contributed by atoms with Gasteiger partial charge in [-0.1, -0.05) is 52.8 Å². The average Bonchev–Trinajstić information content (AvgIpc) is 1.66. The lowest BCUT2D eigenvalue weighted by molar-refractivity contribution is 0.772. The van der Waals surface area contributed by atoms with Gasteiger partial charge in [0.2, 0.25) is 0 Å². The Morgan fingerprint density at radius 2 is 0.917 bits per heavy atom. The highest BCUT2D eigenvalue weighted by atomic mass is 28.3. The Morgan fingerprint density at radius 3 is 0.917 bits per heavy atom. The Balaban J connectivity index is -0.0000000221. The van der Waals surface area contributed by atoms with Gasteiger partial charge in [-0.25, -0.2) is 0 Å². The van der Waals surface area contributed by atoms with E-state index in [2.05, 4.69) is 33.5 Å². The van der Waals surface area contributed by atoms with Crippen molar-refractivity contribution in [3.63, 3.8) is 0 Å².